The lowest BCUT2D eigenvalue weighted by Crippen LogP contribution is -2.40. The highest BCUT2D eigenvalue weighted by atomic mass is 19.4. The largest absolute Gasteiger partial charge is 0.471 e. The van der Waals surface area contributed by atoms with Crippen molar-refractivity contribution in [2.45, 2.75) is 18.6 Å². The van der Waals surface area contributed by atoms with E-state index in [-0.39, 0.29) is 5.56 Å². The van der Waals surface area contributed by atoms with Gasteiger partial charge in [-0.2, -0.15) is 13.2 Å². The highest BCUT2D eigenvalue weighted by Gasteiger charge is 2.40. The predicted octanol–water partition coefficient (Wildman–Crippen LogP) is 2.11. The zero-order valence-corrected chi connectivity index (χ0v) is 10.3. The van der Waals surface area contributed by atoms with Gasteiger partial charge in [-0.1, -0.05) is 18.2 Å². The monoisotopic (exact) mass is 293 g/mol. The van der Waals surface area contributed by atoms with Crippen molar-refractivity contribution in [1.29, 1.82) is 0 Å². The lowest BCUT2D eigenvalue weighted by atomic mass is 10.0. The molecule has 1 aromatic rings. The summed E-state index contributed by atoms with van der Waals surface area (Å²) in [6.45, 7) is 0. The molecule has 0 bridgehead atoms. The van der Waals surface area contributed by atoms with E-state index in [0.717, 1.165) is 13.2 Å². The molecule has 8 heteroatoms. The van der Waals surface area contributed by atoms with Crippen molar-refractivity contribution < 1.29 is 31.9 Å². The fourth-order valence-corrected chi connectivity index (χ4v) is 1.49. The number of alkyl halides is 3. The number of hydrogen-bond acceptors (Lipinski definition) is 3. The molecule has 0 spiro atoms. The van der Waals surface area contributed by atoms with Gasteiger partial charge in [-0.05, 0) is 6.07 Å². The Morgan fingerprint density at radius 1 is 1.30 bits per heavy atom. The molecule has 0 aromatic heterocycles. The number of ether oxygens (including phenoxy) is 1. The molecule has 1 N–H and O–H groups in total. The number of esters is 1. The Labute approximate surface area is 111 Å². The van der Waals surface area contributed by atoms with E-state index in [1.54, 1.807) is 5.32 Å². The first-order valence-electron chi connectivity index (χ1n) is 5.44. The molecule has 0 fully saturated rings. The lowest BCUT2D eigenvalue weighted by molar-refractivity contribution is -0.174. The molecular formula is C12H11F4NO3. The molecule has 1 atom stereocenters. The Bertz CT molecular complexity index is 502. The van der Waals surface area contributed by atoms with Crippen LogP contribution in [0, 0.1) is 5.82 Å². The third-order valence-corrected chi connectivity index (χ3v) is 2.44. The normalized spacial score (nSPS) is 12.7. The van der Waals surface area contributed by atoms with Crippen LogP contribution in [0.4, 0.5) is 17.6 Å². The molecule has 0 saturated heterocycles. The molecule has 0 aliphatic carbocycles. The summed E-state index contributed by atoms with van der Waals surface area (Å²) in [5.74, 6) is -3.96. The number of rotatable bonds is 4. The van der Waals surface area contributed by atoms with Gasteiger partial charge in [0.2, 0.25) is 0 Å². The fourth-order valence-electron chi connectivity index (χ4n) is 1.49. The van der Waals surface area contributed by atoms with Gasteiger partial charge in [0.1, 0.15) is 5.82 Å². The van der Waals surface area contributed by atoms with E-state index in [1.807, 2.05) is 0 Å². The summed E-state index contributed by atoms with van der Waals surface area (Å²) in [5, 5.41) is 1.57. The second-order valence-corrected chi connectivity index (χ2v) is 3.83. The van der Waals surface area contributed by atoms with Gasteiger partial charge in [0.05, 0.1) is 19.6 Å². The first-order chi connectivity index (χ1) is 9.25. The summed E-state index contributed by atoms with van der Waals surface area (Å²) in [6.07, 6.45) is -5.74. The number of halogens is 4. The summed E-state index contributed by atoms with van der Waals surface area (Å²) < 4.78 is 54.5. The van der Waals surface area contributed by atoms with E-state index in [9.17, 15) is 27.2 Å². The summed E-state index contributed by atoms with van der Waals surface area (Å²) >= 11 is 0. The maximum atomic E-state index is 13.6. The molecule has 1 unspecified atom stereocenters. The molecule has 1 rings (SSSR count). The number of amides is 1. The van der Waals surface area contributed by atoms with Crippen LogP contribution in [0.2, 0.25) is 0 Å². The smallest absolute Gasteiger partial charge is 0.469 e. The third kappa shape index (κ3) is 4.22. The Morgan fingerprint density at radius 3 is 2.40 bits per heavy atom. The quantitative estimate of drug-likeness (QED) is 0.683. The van der Waals surface area contributed by atoms with Crippen molar-refractivity contribution in [2.24, 2.45) is 0 Å². The van der Waals surface area contributed by atoms with Crippen LogP contribution >= 0.6 is 0 Å². The molecule has 1 amide bonds. The van der Waals surface area contributed by atoms with E-state index in [4.69, 9.17) is 0 Å². The van der Waals surface area contributed by atoms with E-state index < -0.39 is 36.3 Å². The molecular weight excluding hydrogens is 282 g/mol. The molecule has 20 heavy (non-hydrogen) atoms. The first kappa shape index (κ1) is 15.9. The van der Waals surface area contributed by atoms with Crippen molar-refractivity contribution >= 4 is 11.9 Å². The Balaban J connectivity index is 3.00. The molecule has 110 valence electrons. The van der Waals surface area contributed by atoms with Gasteiger partial charge in [-0.15, -0.1) is 0 Å². The predicted molar refractivity (Wildman–Crippen MR) is 60.0 cm³/mol. The maximum absolute atomic E-state index is 13.6. The minimum Gasteiger partial charge on any atom is -0.469 e. The van der Waals surface area contributed by atoms with Crippen LogP contribution in [0.25, 0.3) is 0 Å². The van der Waals surface area contributed by atoms with E-state index in [1.165, 1.54) is 18.2 Å². The van der Waals surface area contributed by atoms with Crippen molar-refractivity contribution in [1.82, 2.24) is 5.32 Å². The van der Waals surface area contributed by atoms with Gasteiger partial charge in [-0.25, -0.2) is 4.39 Å². The lowest BCUT2D eigenvalue weighted by Gasteiger charge is -2.19. The minimum atomic E-state index is -5.13. The summed E-state index contributed by atoms with van der Waals surface area (Å²) in [5.41, 5.74) is -0.226. The highest BCUT2D eigenvalue weighted by Crippen LogP contribution is 2.23. The molecule has 4 nitrogen and oxygen atoms in total. The minimum absolute atomic E-state index is 0.226. The first-order valence-corrected chi connectivity index (χ1v) is 5.44. The number of carbonyl (C=O) groups is 2. The van der Waals surface area contributed by atoms with Gasteiger partial charge in [0, 0.05) is 5.56 Å². The fraction of sp³-hybridized carbons (Fsp3) is 0.333. The van der Waals surface area contributed by atoms with Crippen LogP contribution in [0.5, 0.6) is 0 Å². The zero-order chi connectivity index (χ0) is 15.3. The van der Waals surface area contributed by atoms with Crippen LogP contribution in [0.3, 0.4) is 0 Å². The van der Waals surface area contributed by atoms with Crippen LogP contribution < -0.4 is 5.32 Å². The van der Waals surface area contributed by atoms with Crippen molar-refractivity contribution in [2.75, 3.05) is 7.11 Å². The third-order valence-electron chi connectivity index (χ3n) is 2.44. The molecule has 0 saturated carbocycles. The van der Waals surface area contributed by atoms with Gasteiger partial charge in [0.15, 0.2) is 0 Å². The summed E-state index contributed by atoms with van der Waals surface area (Å²) in [6, 6.07) is 3.44. The van der Waals surface area contributed by atoms with Gasteiger partial charge in [0.25, 0.3) is 0 Å². The SMILES string of the molecule is COC(=O)CC(NC(=O)C(F)(F)F)c1ccccc1F. The molecule has 0 heterocycles. The number of benzene rings is 1. The van der Waals surface area contributed by atoms with Crippen LogP contribution in [0.1, 0.15) is 18.0 Å². The van der Waals surface area contributed by atoms with Gasteiger partial charge in [-0.3, -0.25) is 9.59 Å². The molecule has 0 aliphatic rings. The number of methoxy groups -OCH3 is 1. The van der Waals surface area contributed by atoms with E-state index >= 15 is 0 Å². The van der Waals surface area contributed by atoms with Crippen LogP contribution in [-0.2, 0) is 14.3 Å². The van der Waals surface area contributed by atoms with Crippen molar-refractivity contribution in [3.05, 3.63) is 35.6 Å². The number of hydrogen-bond donors (Lipinski definition) is 1. The molecule has 0 aliphatic heterocycles. The molecule has 1 aromatic carbocycles. The van der Waals surface area contributed by atoms with E-state index in [0.29, 0.717) is 0 Å². The van der Waals surface area contributed by atoms with Gasteiger partial charge >= 0.3 is 18.1 Å². The van der Waals surface area contributed by atoms with Crippen LogP contribution in [0.15, 0.2) is 24.3 Å². The second-order valence-electron chi connectivity index (χ2n) is 3.83. The summed E-state index contributed by atoms with van der Waals surface area (Å²) in [4.78, 5) is 22.1. The number of nitrogens with one attached hydrogen (secondary N) is 1. The zero-order valence-electron chi connectivity index (χ0n) is 10.3. The van der Waals surface area contributed by atoms with Gasteiger partial charge < -0.3 is 10.1 Å². The highest BCUT2D eigenvalue weighted by molar-refractivity contribution is 5.83. The maximum Gasteiger partial charge on any atom is 0.471 e. The van der Waals surface area contributed by atoms with Crippen molar-refractivity contribution in [3.63, 3.8) is 0 Å². The topological polar surface area (TPSA) is 55.4 Å². The average Bonchev–Trinajstić information content (AvgIpc) is 2.37. The Kier molecular flexibility index (Phi) is 5.06. The van der Waals surface area contributed by atoms with E-state index in [2.05, 4.69) is 4.74 Å². The average molecular weight is 293 g/mol. The van der Waals surface area contributed by atoms with Crippen LogP contribution in [-0.4, -0.2) is 25.2 Å². The number of carbonyl (C=O) groups excluding carboxylic acids is 2. The molecule has 0 radical (unpaired) electrons. The summed E-state index contributed by atoms with van der Waals surface area (Å²) in [7, 11) is 1.03. The Hall–Kier alpha value is -2.12. The second kappa shape index (κ2) is 6.36. The Morgan fingerprint density at radius 2 is 1.90 bits per heavy atom. The van der Waals surface area contributed by atoms with Crippen molar-refractivity contribution in [3.8, 4) is 0 Å². The standard InChI is InChI=1S/C12H11F4NO3/c1-20-10(18)6-9(17-11(19)12(14,15)16)7-4-2-3-5-8(7)13/h2-5,9H,6H2,1H3,(H,17,19).